The summed E-state index contributed by atoms with van der Waals surface area (Å²) >= 11 is 0. The fraction of sp³-hybridized carbons (Fsp3) is 0.118. The lowest BCUT2D eigenvalue weighted by Crippen LogP contribution is -1.96. The Hall–Kier alpha value is -2.75. The number of fused-ring (bicyclic) bond motifs is 1. The van der Waals surface area contributed by atoms with Crippen molar-refractivity contribution in [2.75, 3.05) is 19.5 Å². The molecule has 0 spiro atoms. The maximum absolute atomic E-state index is 5.28. The van der Waals surface area contributed by atoms with E-state index in [0.29, 0.717) is 0 Å². The fourth-order valence-corrected chi connectivity index (χ4v) is 2.24. The summed E-state index contributed by atoms with van der Waals surface area (Å²) in [6.07, 6.45) is 1.79. The van der Waals surface area contributed by atoms with E-state index in [2.05, 4.69) is 16.4 Å². The summed E-state index contributed by atoms with van der Waals surface area (Å²) in [6, 6.07) is 15.8. The third-order valence-electron chi connectivity index (χ3n) is 3.29. The Morgan fingerprint density at radius 1 is 0.905 bits per heavy atom. The molecule has 0 unspecified atom stereocenters. The molecule has 4 heteroatoms. The second-order valence-corrected chi connectivity index (χ2v) is 4.61. The van der Waals surface area contributed by atoms with Gasteiger partial charge in [-0.25, -0.2) is 4.98 Å². The van der Waals surface area contributed by atoms with Gasteiger partial charge in [-0.05, 0) is 11.5 Å². The molecule has 0 radical (unpaired) electrons. The minimum Gasteiger partial charge on any atom is -0.497 e. The van der Waals surface area contributed by atoms with Crippen LogP contribution in [0.15, 0.2) is 54.7 Å². The molecule has 0 atom stereocenters. The smallest absolute Gasteiger partial charge is 0.138 e. The Balaban J connectivity index is 2.02. The minimum absolute atomic E-state index is 0.733. The molecule has 4 nitrogen and oxygen atoms in total. The molecule has 106 valence electrons. The van der Waals surface area contributed by atoms with Gasteiger partial charge in [0.25, 0.3) is 0 Å². The summed E-state index contributed by atoms with van der Waals surface area (Å²) in [5.41, 5.74) is 0.870. The molecule has 2 aromatic carbocycles. The van der Waals surface area contributed by atoms with Crippen LogP contribution in [-0.2, 0) is 0 Å². The van der Waals surface area contributed by atoms with Crippen LogP contribution in [0.2, 0.25) is 0 Å². The first-order valence-electron chi connectivity index (χ1n) is 6.64. The molecule has 0 aliphatic carbocycles. The monoisotopic (exact) mass is 280 g/mol. The van der Waals surface area contributed by atoms with E-state index in [0.717, 1.165) is 33.8 Å². The summed E-state index contributed by atoms with van der Waals surface area (Å²) in [5.74, 6) is 2.28. The van der Waals surface area contributed by atoms with Crippen molar-refractivity contribution < 1.29 is 9.47 Å². The number of anilines is 2. The zero-order valence-corrected chi connectivity index (χ0v) is 12.0. The van der Waals surface area contributed by atoms with E-state index in [1.54, 1.807) is 20.4 Å². The zero-order valence-electron chi connectivity index (χ0n) is 12.0. The van der Waals surface area contributed by atoms with Crippen LogP contribution in [0.1, 0.15) is 0 Å². The number of ether oxygens (including phenoxy) is 2. The van der Waals surface area contributed by atoms with Crippen molar-refractivity contribution in [1.82, 2.24) is 4.98 Å². The third-order valence-corrected chi connectivity index (χ3v) is 3.29. The van der Waals surface area contributed by atoms with E-state index in [1.165, 1.54) is 0 Å². The van der Waals surface area contributed by atoms with Crippen molar-refractivity contribution in [2.45, 2.75) is 0 Å². The lowest BCUT2D eigenvalue weighted by molar-refractivity contribution is 0.395. The quantitative estimate of drug-likeness (QED) is 0.784. The molecule has 3 rings (SSSR count). The Morgan fingerprint density at radius 3 is 2.33 bits per heavy atom. The molecule has 0 saturated carbocycles. The van der Waals surface area contributed by atoms with Gasteiger partial charge in [-0.3, -0.25) is 0 Å². The van der Waals surface area contributed by atoms with Crippen molar-refractivity contribution in [3.05, 3.63) is 54.7 Å². The van der Waals surface area contributed by atoms with Gasteiger partial charge in [0.2, 0.25) is 0 Å². The molecule has 3 aromatic rings. The summed E-state index contributed by atoms with van der Waals surface area (Å²) in [5, 5.41) is 5.54. The molecule has 1 heterocycles. The second-order valence-electron chi connectivity index (χ2n) is 4.61. The summed E-state index contributed by atoms with van der Waals surface area (Å²) in [4.78, 5) is 4.42. The maximum atomic E-state index is 5.28. The van der Waals surface area contributed by atoms with Gasteiger partial charge in [-0.15, -0.1) is 0 Å². The van der Waals surface area contributed by atoms with Crippen LogP contribution in [0, 0.1) is 0 Å². The van der Waals surface area contributed by atoms with Crippen LogP contribution in [0.25, 0.3) is 10.8 Å². The van der Waals surface area contributed by atoms with Crippen LogP contribution >= 0.6 is 0 Å². The van der Waals surface area contributed by atoms with Crippen molar-refractivity contribution in [2.24, 2.45) is 0 Å². The van der Waals surface area contributed by atoms with E-state index in [4.69, 9.17) is 9.47 Å². The first-order valence-corrected chi connectivity index (χ1v) is 6.64. The molecule has 1 N–H and O–H groups in total. The van der Waals surface area contributed by atoms with Crippen molar-refractivity contribution >= 4 is 22.3 Å². The highest BCUT2D eigenvalue weighted by Gasteiger charge is 2.05. The van der Waals surface area contributed by atoms with Crippen molar-refractivity contribution in [3.8, 4) is 11.5 Å². The number of hydrogen-bond donors (Lipinski definition) is 1. The second kappa shape index (κ2) is 5.71. The third kappa shape index (κ3) is 2.74. The largest absolute Gasteiger partial charge is 0.497 e. The van der Waals surface area contributed by atoms with Gasteiger partial charge in [0.1, 0.15) is 17.3 Å². The molecule has 0 aliphatic heterocycles. The molecule has 0 aliphatic rings. The predicted molar refractivity (Wildman–Crippen MR) is 84.6 cm³/mol. The van der Waals surface area contributed by atoms with Gasteiger partial charge in [-0.2, -0.15) is 0 Å². The minimum atomic E-state index is 0.733. The molecular formula is C17H16N2O2. The SMILES string of the molecule is COc1cc(Nc2nccc3ccccc23)cc(OC)c1. The Labute approximate surface area is 123 Å². The van der Waals surface area contributed by atoms with E-state index in [-0.39, 0.29) is 0 Å². The lowest BCUT2D eigenvalue weighted by atomic mass is 10.1. The number of benzene rings is 2. The van der Waals surface area contributed by atoms with E-state index in [1.807, 2.05) is 42.5 Å². The molecule has 0 amide bonds. The average Bonchev–Trinajstić information content (AvgIpc) is 2.55. The highest BCUT2D eigenvalue weighted by atomic mass is 16.5. The number of nitrogens with zero attached hydrogens (tertiary/aromatic N) is 1. The van der Waals surface area contributed by atoms with E-state index in [9.17, 15) is 0 Å². The lowest BCUT2D eigenvalue weighted by Gasteiger charge is -2.11. The number of methoxy groups -OCH3 is 2. The molecule has 21 heavy (non-hydrogen) atoms. The standard InChI is InChI=1S/C17H16N2O2/c1-20-14-9-13(10-15(11-14)21-2)19-17-16-6-4-3-5-12(16)7-8-18-17/h3-11H,1-2H3,(H,18,19). The molecule has 0 bridgehead atoms. The van der Waals surface area contributed by atoms with Crippen LogP contribution < -0.4 is 14.8 Å². The van der Waals surface area contributed by atoms with Crippen molar-refractivity contribution in [3.63, 3.8) is 0 Å². The zero-order chi connectivity index (χ0) is 14.7. The van der Waals surface area contributed by atoms with Gasteiger partial charge < -0.3 is 14.8 Å². The van der Waals surface area contributed by atoms with Gasteiger partial charge in [0, 0.05) is 35.5 Å². The molecule has 1 aromatic heterocycles. The molecule has 0 fully saturated rings. The number of aromatic nitrogens is 1. The number of rotatable bonds is 4. The Kier molecular flexibility index (Phi) is 3.60. The first kappa shape index (κ1) is 13.2. The van der Waals surface area contributed by atoms with Crippen LogP contribution in [-0.4, -0.2) is 19.2 Å². The highest BCUT2D eigenvalue weighted by Crippen LogP contribution is 2.29. The molecule has 0 saturated heterocycles. The van der Waals surface area contributed by atoms with Crippen LogP contribution in [0.5, 0.6) is 11.5 Å². The van der Waals surface area contributed by atoms with Crippen molar-refractivity contribution in [1.29, 1.82) is 0 Å². The van der Waals surface area contributed by atoms with E-state index >= 15 is 0 Å². The summed E-state index contributed by atoms with van der Waals surface area (Å²) in [6.45, 7) is 0. The summed E-state index contributed by atoms with van der Waals surface area (Å²) in [7, 11) is 3.27. The molecular weight excluding hydrogens is 264 g/mol. The number of nitrogens with one attached hydrogen (secondary N) is 1. The normalized spacial score (nSPS) is 10.4. The van der Waals surface area contributed by atoms with Gasteiger partial charge >= 0.3 is 0 Å². The predicted octanol–water partition coefficient (Wildman–Crippen LogP) is 4.00. The van der Waals surface area contributed by atoms with Gasteiger partial charge in [0.05, 0.1) is 14.2 Å². The number of pyridine rings is 1. The van der Waals surface area contributed by atoms with E-state index < -0.39 is 0 Å². The first-order chi connectivity index (χ1) is 10.3. The maximum Gasteiger partial charge on any atom is 0.138 e. The Morgan fingerprint density at radius 2 is 1.62 bits per heavy atom. The Bertz CT molecular complexity index is 744. The van der Waals surface area contributed by atoms with Crippen LogP contribution in [0.3, 0.4) is 0 Å². The fourth-order valence-electron chi connectivity index (χ4n) is 2.24. The van der Waals surface area contributed by atoms with Gasteiger partial charge in [0.15, 0.2) is 0 Å². The summed E-state index contributed by atoms with van der Waals surface area (Å²) < 4.78 is 10.6. The highest BCUT2D eigenvalue weighted by molar-refractivity contribution is 5.93. The average molecular weight is 280 g/mol. The number of hydrogen-bond acceptors (Lipinski definition) is 4. The van der Waals surface area contributed by atoms with Crippen LogP contribution in [0.4, 0.5) is 11.5 Å². The van der Waals surface area contributed by atoms with Gasteiger partial charge in [-0.1, -0.05) is 24.3 Å². The topological polar surface area (TPSA) is 43.4 Å².